The maximum atomic E-state index is 13.7. The van der Waals surface area contributed by atoms with Gasteiger partial charge >= 0.3 is 0 Å². The largest absolute Gasteiger partial charge is 0.496 e. The molecule has 3 fully saturated rings. The summed E-state index contributed by atoms with van der Waals surface area (Å²) in [5.74, 6) is -3.04. The van der Waals surface area contributed by atoms with Gasteiger partial charge < -0.3 is 30.4 Å². The number of aliphatic hydroxyl groups excluding tert-OH is 1. The van der Waals surface area contributed by atoms with Crippen LogP contribution in [0.25, 0.3) is 10.9 Å². The molecule has 6 atom stereocenters. The first kappa shape index (κ1) is 27.4. The Morgan fingerprint density at radius 1 is 1.23 bits per heavy atom. The number of carbonyl (C=O) groups excluding carboxylic acids is 3. The van der Waals surface area contributed by atoms with Crippen LogP contribution in [0.15, 0.2) is 24.3 Å². The van der Waals surface area contributed by atoms with Crippen LogP contribution in [0.2, 0.25) is 0 Å². The summed E-state index contributed by atoms with van der Waals surface area (Å²) in [4.78, 5) is 44.3. The van der Waals surface area contributed by atoms with Crippen LogP contribution >= 0.6 is 0 Å². The topological polar surface area (TPSA) is 178 Å². The zero-order valence-corrected chi connectivity index (χ0v) is 22.4. The average molecular weight is 563 g/mol. The molecule has 1 unspecified atom stereocenters. The van der Waals surface area contributed by atoms with Crippen LogP contribution < -0.4 is 15.4 Å². The minimum Gasteiger partial charge on any atom is -0.496 e. The second-order valence-electron chi connectivity index (χ2n) is 10.7. The van der Waals surface area contributed by atoms with Gasteiger partial charge in [-0.15, -0.1) is 0 Å². The molecule has 39 heavy (non-hydrogen) atoms. The molecule has 212 valence electrons. The Kier molecular flexibility index (Phi) is 7.57. The summed E-state index contributed by atoms with van der Waals surface area (Å²) in [6.45, 7) is 0.895. The van der Waals surface area contributed by atoms with Crippen LogP contribution in [0.1, 0.15) is 49.0 Å². The molecule has 3 heterocycles. The third-order valence-corrected chi connectivity index (χ3v) is 9.38. The van der Waals surface area contributed by atoms with Gasteiger partial charge in [0.05, 0.1) is 13.0 Å². The predicted molar refractivity (Wildman–Crippen MR) is 140 cm³/mol. The first-order valence-electron chi connectivity index (χ1n) is 13.3. The number of benzene rings is 1. The molecule has 2 aromatic rings. The van der Waals surface area contributed by atoms with Gasteiger partial charge in [0.1, 0.15) is 17.6 Å². The number of methoxy groups -OCH3 is 1. The summed E-state index contributed by atoms with van der Waals surface area (Å²) in [5.41, 5.74) is -1.36. The van der Waals surface area contributed by atoms with E-state index in [1.165, 1.54) is 0 Å². The number of amides is 3. The van der Waals surface area contributed by atoms with Crippen LogP contribution in [0.3, 0.4) is 0 Å². The van der Waals surface area contributed by atoms with Gasteiger partial charge in [0.15, 0.2) is 5.44 Å². The van der Waals surface area contributed by atoms with Crippen LogP contribution in [0.5, 0.6) is 5.75 Å². The second-order valence-corrected chi connectivity index (χ2v) is 12.3. The smallest absolute Gasteiger partial charge is 0.292 e. The fourth-order valence-electron chi connectivity index (χ4n) is 6.45. The van der Waals surface area contributed by atoms with Gasteiger partial charge in [0.2, 0.25) is 11.8 Å². The lowest BCUT2D eigenvalue weighted by molar-refractivity contribution is -0.132. The summed E-state index contributed by atoms with van der Waals surface area (Å²) in [6, 6.07) is 7.13. The molecule has 3 aliphatic rings. The number of rotatable bonds is 8. The molecule has 3 amide bonds. The minimum atomic E-state index is -5.00. The molecule has 0 radical (unpaired) electrons. The van der Waals surface area contributed by atoms with E-state index < -0.39 is 39.5 Å². The Bertz CT molecular complexity index is 1380. The van der Waals surface area contributed by atoms with Crippen molar-refractivity contribution in [2.75, 3.05) is 20.2 Å². The minimum absolute atomic E-state index is 0.0432. The summed E-state index contributed by atoms with van der Waals surface area (Å²) < 4.78 is 38.7. The first-order valence-corrected chi connectivity index (χ1v) is 14.8. The van der Waals surface area contributed by atoms with E-state index in [4.69, 9.17) is 4.74 Å². The van der Waals surface area contributed by atoms with Crippen LogP contribution in [-0.4, -0.2) is 77.5 Å². The van der Waals surface area contributed by atoms with Crippen molar-refractivity contribution in [3.8, 4) is 5.75 Å². The number of piperidine rings is 1. The maximum absolute atomic E-state index is 13.7. The fourth-order valence-corrected chi connectivity index (χ4v) is 7.10. The van der Waals surface area contributed by atoms with Crippen molar-refractivity contribution >= 4 is 38.7 Å². The van der Waals surface area contributed by atoms with Crippen LogP contribution in [0.4, 0.5) is 0 Å². The maximum Gasteiger partial charge on any atom is 0.292 e. The summed E-state index contributed by atoms with van der Waals surface area (Å²) in [6.07, 6.45) is 2.69. The monoisotopic (exact) mass is 562 g/mol. The van der Waals surface area contributed by atoms with Gasteiger partial charge in [-0.05, 0) is 56.2 Å². The number of hydrogen-bond acceptors (Lipinski definition) is 7. The Morgan fingerprint density at radius 2 is 2.03 bits per heavy atom. The van der Waals surface area contributed by atoms with E-state index in [1.807, 2.05) is 12.1 Å². The molecule has 5 N–H and O–H groups in total. The SMILES string of the molecule is COc1cccc2[nH]c(C(=O)N3C[C@@H]4CCC[C@@H]4[C@H]3NC(=O)[C@H](C[C@@H]3CCCNC3=O)C(O)S(=O)(=O)O)cc12. The van der Waals surface area contributed by atoms with E-state index in [0.29, 0.717) is 37.4 Å². The molecule has 12 nitrogen and oxygen atoms in total. The van der Waals surface area contributed by atoms with Gasteiger partial charge in [-0.1, -0.05) is 12.5 Å². The molecule has 1 aliphatic carbocycles. The molecular formula is C26H34N4O8S. The van der Waals surface area contributed by atoms with Crippen molar-refractivity contribution in [3.63, 3.8) is 0 Å². The summed E-state index contributed by atoms with van der Waals surface area (Å²) >= 11 is 0. The lowest BCUT2D eigenvalue weighted by Crippen LogP contribution is -2.54. The highest BCUT2D eigenvalue weighted by molar-refractivity contribution is 7.86. The number of ether oxygens (including phenoxy) is 1. The average Bonchev–Trinajstić information content (AvgIpc) is 3.62. The van der Waals surface area contributed by atoms with E-state index in [2.05, 4.69) is 15.6 Å². The zero-order chi connectivity index (χ0) is 27.9. The Morgan fingerprint density at radius 3 is 2.74 bits per heavy atom. The van der Waals surface area contributed by atoms with E-state index in [-0.39, 0.29) is 30.1 Å². The van der Waals surface area contributed by atoms with E-state index in [0.717, 1.165) is 30.2 Å². The molecule has 2 saturated heterocycles. The van der Waals surface area contributed by atoms with Crippen molar-refractivity contribution < 1.29 is 37.2 Å². The number of nitrogens with zero attached hydrogens (tertiary/aromatic N) is 1. The van der Waals surface area contributed by atoms with Crippen LogP contribution in [0, 0.1) is 23.7 Å². The lowest BCUT2D eigenvalue weighted by Gasteiger charge is -2.32. The number of carbonyl (C=O) groups is 3. The quantitative estimate of drug-likeness (QED) is 0.298. The third-order valence-electron chi connectivity index (χ3n) is 8.44. The van der Waals surface area contributed by atoms with Crippen molar-refractivity contribution in [2.24, 2.45) is 23.7 Å². The molecule has 0 bridgehead atoms. The molecule has 1 saturated carbocycles. The predicted octanol–water partition coefficient (Wildman–Crippen LogP) is 1.23. The van der Waals surface area contributed by atoms with Crippen molar-refractivity contribution in [1.82, 2.24) is 20.5 Å². The molecule has 2 aliphatic heterocycles. The van der Waals surface area contributed by atoms with Gasteiger partial charge in [0.25, 0.3) is 16.0 Å². The van der Waals surface area contributed by atoms with Gasteiger partial charge in [-0.2, -0.15) is 8.42 Å². The number of aromatic amines is 1. The standard InChI is InChI=1S/C26H34N4O8S/c1-38-21-9-3-8-19-17(21)12-20(28-19)25(33)30-13-15-5-2-7-16(15)22(30)29-24(32)18(26(34)39(35,36)37)11-14-6-4-10-27-23(14)31/h3,8-9,12,14-16,18,22,26,28,34H,2,4-7,10-11,13H2,1H3,(H,27,31)(H,29,32)(H,35,36,37)/t14-,15-,16-,18-,22-,26?/m0/s1. The first-order chi connectivity index (χ1) is 18.6. The highest BCUT2D eigenvalue weighted by Gasteiger charge is 2.49. The molecule has 5 rings (SSSR count). The number of H-pyrrole nitrogens is 1. The summed E-state index contributed by atoms with van der Waals surface area (Å²) in [7, 11) is -3.45. The number of nitrogens with one attached hydrogen (secondary N) is 3. The Hall–Kier alpha value is -3.16. The number of aliphatic hydroxyl groups is 1. The van der Waals surface area contributed by atoms with Crippen molar-refractivity contribution in [1.29, 1.82) is 0 Å². The lowest BCUT2D eigenvalue weighted by atomic mass is 9.87. The summed E-state index contributed by atoms with van der Waals surface area (Å²) in [5, 5.41) is 16.7. The molecule has 1 aromatic heterocycles. The van der Waals surface area contributed by atoms with E-state index in [9.17, 15) is 32.5 Å². The number of aromatic nitrogens is 1. The second kappa shape index (κ2) is 10.8. The normalized spacial score (nSPS) is 26.6. The zero-order valence-electron chi connectivity index (χ0n) is 21.6. The Labute approximate surface area is 226 Å². The van der Waals surface area contributed by atoms with E-state index >= 15 is 0 Å². The Balaban J connectivity index is 1.41. The number of fused-ring (bicyclic) bond motifs is 2. The van der Waals surface area contributed by atoms with Crippen molar-refractivity contribution in [3.05, 3.63) is 30.0 Å². The van der Waals surface area contributed by atoms with E-state index in [1.54, 1.807) is 24.1 Å². The molecule has 13 heteroatoms. The van der Waals surface area contributed by atoms with Crippen LogP contribution in [-0.2, 0) is 19.7 Å². The molecule has 0 spiro atoms. The molecular weight excluding hydrogens is 528 g/mol. The fraction of sp³-hybridized carbons (Fsp3) is 0.577. The number of hydrogen-bond donors (Lipinski definition) is 5. The van der Waals surface area contributed by atoms with Gasteiger partial charge in [-0.25, -0.2) is 0 Å². The van der Waals surface area contributed by atoms with Crippen molar-refractivity contribution in [2.45, 2.75) is 50.1 Å². The highest BCUT2D eigenvalue weighted by Crippen LogP contribution is 2.42. The number of likely N-dealkylation sites (tertiary alicyclic amines) is 1. The highest BCUT2D eigenvalue weighted by atomic mass is 32.2. The molecule has 1 aromatic carbocycles. The third kappa shape index (κ3) is 5.35. The van der Waals surface area contributed by atoms with Gasteiger partial charge in [-0.3, -0.25) is 18.9 Å². The van der Waals surface area contributed by atoms with Gasteiger partial charge in [0, 0.05) is 35.8 Å².